The van der Waals surface area contributed by atoms with Crippen molar-refractivity contribution in [1.82, 2.24) is 9.88 Å². The second kappa shape index (κ2) is 5.43. The molecule has 0 spiro atoms. The van der Waals surface area contributed by atoms with E-state index in [1.165, 1.54) is 38.1 Å². The van der Waals surface area contributed by atoms with E-state index in [1.54, 1.807) is 0 Å². The van der Waals surface area contributed by atoms with Gasteiger partial charge >= 0.3 is 0 Å². The first-order valence-corrected chi connectivity index (χ1v) is 7.11. The first kappa shape index (κ1) is 12.8. The van der Waals surface area contributed by atoms with Gasteiger partial charge < -0.3 is 10.6 Å². The molecule has 2 fully saturated rings. The number of hydrogen-bond acceptors (Lipinski definition) is 4. The monoisotopic (exact) mass is 264 g/mol. The SMILES string of the molecule is NCc1cc(F)cnc1N1CCN2CCCCC2C1. The van der Waals surface area contributed by atoms with Crippen molar-refractivity contribution in [2.75, 3.05) is 31.1 Å². The van der Waals surface area contributed by atoms with Gasteiger partial charge in [-0.05, 0) is 25.5 Å². The fourth-order valence-corrected chi connectivity index (χ4v) is 3.26. The Morgan fingerprint density at radius 3 is 3.05 bits per heavy atom. The lowest BCUT2D eigenvalue weighted by molar-refractivity contribution is 0.133. The summed E-state index contributed by atoms with van der Waals surface area (Å²) in [6.45, 7) is 4.59. The summed E-state index contributed by atoms with van der Waals surface area (Å²) in [5, 5.41) is 0. The topological polar surface area (TPSA) is 45.4 Å². The van der Waals surface area contributed by atoms with E-state index in [0.717, 1.165) is 31.0 Å². The molecule has 2 aliphatic rings. The average Bonchev–Trinajstić information content (AvgIpc) is 2.46. The van der Waals surface area contributed by atoms with Gasteiger partial charge in [-0.3, -0.25) is 4.90 Å². The number of piperidine rings is 1. The summed E-state index contributed by atoms with van der Waals surface area (Å²) in [5.41, 5.74) is 6.52. The molecule has 1 aromatic heterocycles. The predicted octanol–water partition coefficient (Wildman–Crippen LogP) is 1.35. The Labute approximate surface area is 113 Å². The Morgan fingerprint density at radius 1 is 1.32 bits per heavy atom. The largest absolute Gasteiger partial charge is 0.353 e. The third-order valence-electron chi connectivity index (χ3n) is 4.27. The van der Waals surface area contributed by atoms with Gasteiger partial charge in [0, 0.05) is 37.8 Å². The number of halogens is 1. The normalized spacial score (nSPS) is 24.3. The maximum atomic E-state index is 13.2. The van der Waals surface area contributed by atoms with E-state index in [2.05, 4.69) is 14.8 Å². The minimum Gasteiger partial charge on any atom is -0.353 e. The molecular weight excluding hydrogens is 243 g/mol. The number of hydrogen-bond donors (Lipinski definition) is 1. The summed E-state index contributed by atoms with van der Waals surface area (Å²) in [4.78, 5) is 9.11. The molecule has 1 unspecified atom stereocenters. The lowest BCUT2D eigenvalue weighted by Crippen LogP contribution is -2.55. The number of aromatic nitrogens is 1. The Balaban J connectivity index is 1.79. The second-order valence-corrected chi connectivity index (χ2v) is 5.47. The number of rotatable bonds is 2. The molecule has 1 atom stereocenters. The van der Waals surface area contributed by atoms with Gasteiger partial charge in [-0.15, -0.1) is 0 Å². The van der Waals surface area contributed by atoms with Gasteiger partial charge in [-0.25, -0.2) is 9.37 Å². The number of piperazine rings is 1. The zero-order chi connectivity index (χ0) is 13.2. The van der Waals surface area contributed by atoms with Gasteiger partial charge in [0.15, 0.2) is 0 Å². The van der Waals surface area contributed by atoms with Gasteiger partial charge in [0.05, 0.1) is 6.20 Å². The van der Waals surface area contributed by atoms with Crippen LogP contribution in [-0.2, 0) is 6.54 Å². The number of nitrogens with zero attached hydrogens (tertiary/aromatic N) is 3. The van der Waals surface area contributed by atoms with E-state index in [-0.39, 0.29) is 5.82 Å². The number of fused-ring (bicyclic) bond motifs is 1. The molecule has 2 N–H and O–H groups in total. The van der Waals surface area contributed by atoms with Gasteiger partial charge in [0.2, 0.25) is 0 Å². The van der Waals surface area contributed by atoms with Crippen LogP contribution in [0.3, 0.4) is 0 Å². The molecule has 2 saturated heterocycles. The van der Waals surface area contributed by atoms with E-state index in [0.29, 0.717) is 12.6 Å². The smallest absolute Gasteiger partial charge is 0.141 e. The maximum absolute atomic E-state index is 13.2. The Morgan fingerprint density at radius 2 is 2.21 bits per heavy atom. The molecule has 3 rings (SSSR count). The Hall–Kier alpha value is -1.20. The van der Waals surface area contributed by atoms with Gasteiger partial charge in [0.1, 0.15) is 11.6 Å². The van der Waals surface area contributed by atoms with Crippen LogP contribution in [0.5, 0.6) is 0 Å². The van der Waals surface area contributed by atoms with Crippen LogP contribution in [-0.4, -0.2) is 42.1 Å². The fraction of sp³-hybridized carbons (Fsp3) is 0.643. The molecule has 0 radical (unpaired) electrons. The van der Waals surface area contributed by atoms with E-state index < -0.39 is 0 Å². The summed E-state index contributed by atoms with van der Waals surface area (Å²) >= 11 is 0. The highest BCUT2D eigenvalue weighted by molar-refractivity contribution is 5.47. The lowest BCUT2D eigenvalue weighted by atomic mass is 9.99. The minimum absolute atomic E-state index is 0.305. The molecule has 1 aromatic rings. The lowest BCUT2D eigenvalue weighted by Gasteiger charge is -2.44. The van der Waals surface area contributed by atoms with Crippen molar-refractivity contribution < 1.29 is 4.39 Å². The summed E-state index contributed by atoms with van der Waals surface area (Å²) in [6.07, 6.45) is 5.19. The molecule has 104 valence electrons. The second-order valence-electron chi connectivity index (χ2n) is 5.47. The Kier molecular flexibility index (Phi) is 3.66. The van der Waals surface area contributed by atoms with Crippen molar-refractivity contribution in [2.45, 2.75) is 31.8 Å². The third kappa shape index (κ3) is 2.58. The predicted molar refractivity (Wildman–Crippen MR) is 73.5 cm³/mol. The highest BCUT2D eigenvalue weighted by Gasteiger charge is 2.30. The van der Waals surface area contributed by atoms with Gasteiger partial charge in [-0.2, -0.15) is 0 Å². The van der Waals surface area contributed by atoms with Crippen LogP contribution in [0.4, 0.5) is 10.2 Å². The molecule has 4 nitrogen and oxygen atoms in total. The van der Waals surface area contributed by atoms with Crippen LogP contribution in [0.2, 0.25) is 0 Å². The van der Waals surface area contributed by atoms with E-state index >= 15 is 0 Å². The van der Waals surface area contributed by atoms with Crippen molar-refractivity contribution >= 4 is 5.82 Å². The van der Waals surface area contributed by atoms with Gasteiger partial charge in [0.25, 0.3) is 0 Å². The summed E-state index contributed by atoms with van der Waals surface area (Å²) < 4.78 is 13.2. The molecule has 2 aliphatic heterocycles. The quantitative estimate of drug-likeness (QED) is 0.876. The van der Waals surface area contributed by atoms with E-state index in [9.17, 15) is 4.39 Å². The van der Waals surface area contributed by atoms with Crippen molar-refractivity contribution in [3.63, 3.8) is 0 Å². The molecular formula is C14H21FN4. The first-order chi connectivity index (χ1) is 9.28. The first-order valence-electron chi connectivity index (χ1n) is 7.11. The van der Waals surface area contributed by atoms with Crippen molar-refractivity contribution in [2.24, 2.45) is 5.73 Å². The average molecular weight is 264 g/mol. The van der Waals surface area contributed by atoms with Crippen LogP contribution >= 0.6 is 0 Å². The van der Waals surface area contributed by atoms with Crippen LogP contribution < -0.4 is 10.6 Å². The van der Waals surface area contributed by atoms with Crippen molar-refractivity contribution in [3.05, 3.63) is 23.6 Å². The number of anilines is 1. The van der Waals surface area contributed by atoms with Crippen LogP contribution in [0.25, 0.3) is 0 Å². The van der Waals surface area contributed by atoms with Crippen molar-refractivity contribution in [1.29, 1.82) is 0 Å². The molecule has 3 heterocycles. The number of nitrogens with two attached hydrogens (primary N) is 1. The van der Waals surface area contributed by atoms with Gasteiger partial charge in [-0.1, -0.05) is 6.42 Å². The summed E-state index contributed by atoms with van der Waals surface area (Å²) in [7, 11) is 0. The van der Waals surface area contributed by atoms with Crippen LogP contribution in [0, 0.1) is 5.82 Å². The van der Waals surface area contributed by atoms with Crippen molar-refractivity contribution in [3.8, 4) is 0 Å². The zero-order valence-electron chi connectivity index (χ0n) is 11.2. The highest BCUT2D eigenvalue weighted by Crippen LogP contribution is 2.26. The molecule has 0 aromatic carbocycles. The van der Waals surface area contributed by atoms with Crippen LogP contribution in [0.15, 0.2) is 12.3 Å². The molecule has 0 amide bonds. The standard InChI is InChI=1S/C14H21FN4/c15-12-7-11(8-16)14(17-9-12)19-6-5-18-4-2-1-3-13(18)10-19/h7,9,13H,1-6,8,10,16H2. The molecule has 5 heteroatoms. The number of pyridine rings is 1. The van der Waals surface area contributed by atoms with E-state index in [1.807, 2.05) is 0 Å². The van der Waals surface area contributed by atoms with Crippen LogP contribution in [0.1, 0.15) is 24.8 Å². The highest BCUT2D eigenvalue weighted by atomic mass is 19.1. The summed E-state index contributed by atoms with van der Waals surface area (Å²) in [5.74, 6) is 0.564. The molecule has 0 aliphatic carbocycles. The third-order valence-corrected chi connectivity index (χ3v) is 4.27. The maximum Gasteiger partial charge on any atom is 0.141 e. The fourth-order valence-electron chi connectivity index (χ4n) is 3.26. The summed E-state index contributed by atoms with van der Waals surface area (Å²) in [6, 6.07) is 2.13. The molecule has 19 heavy (non-hydrogen) atoms. The molecule has 0 saturated carbocycles. The minimum atomic E-state index is -0.305. The Bertz CT molecular complexity index is 451. The molecule has 0 bridgehead atoms. The van der Waals surface area contributed by atoms with E-state index in [4.69, 9.17) is 5.73 Å². The zero-order valence-corrected chi connectivity index (χ0v) is 11.2.